The number of carbonyl (C=O) groups excluding carboxylic acids is 1. The van der Waals surface area contributed by atoms with Gasteiger partial charge in [0.25, 0.3) is 0 Å². The second-order valence-electron chi connectivity index (χ2n) is 1.34. The number of carbonyl (C=O) groups is 2. The van der Waals surface area contributed by atoms with Crippen LogP contribution in [0, 0.1) is 0 Å². The molecule has 1 N–H and O–H groups in total. The monoisotopic (exact) mass is 196 g/mol. The van der Waals surface area contributed by atoms with Crippen LogP contribution >= 0.6 is 8.07 Å². The van der Waals surface area contributed by atoms with Crippen LogP contribution in [0.5, 0.6) is 0 Å². The van der Waals surface area contributed by atoms with Crippen molar-refractivity contribution in [1.82, 2.24) is 0 Å². The first kappa shape index (κ1) is 10.1. The molecule has 66 valence electrons. The molecular formula is C2HF4O4P. The van der Waals surface area contributed by atoms with Crippen molar-refractivity contribution in [1.29, 1.82) is 0 Å². The minimum atomic E-state index is -8.47. The number of halogens is 4. The van der Waals surface area contributed by atoms with Gasteiger partial charge in [-0.15, -0.1) is 0 Å². The van der Waals surface area contributed by atoms with Gasteiger partial charge in [-0.2, -0.15) is 0 Å². The molecule has 11 heavy (non-hydrogen) atoms. The van der Waals surface area contributed by atoms with Crippen LogP contribution in [0.1, 0.15) is 0 Å². The van der Waals surface area contributed by atoms with E-state index in [1.165, 1.54) is 0 Å². The van der Waals surface area contributed by atoms with Gasteiger partial charge < -0.3 is 0 Å². The van der Waals surface area contributed by atoms with Crippen LogP contribution in [-0.4, -0.2) is 17.0 Å². The van der Waals surface area contributed by atoms with E-state index in [1.807, 2.05) is 0 Å². The SMILES string of the molecule is O=C(O)C(=O)OP(F)(F)(F)F. The Balaban J connectivity index is 4.30. The molecule has 0 bridgehead atoms. The molecule has 0 amide bonds. The number of carboxylic acid groups (broad SMARTS) is 1. The van der Waals surface area contributed by atoms with Crippen molar-refractivity contribution < 1.29 is 36.0 Å². The average molecular weight is 196 g/mol. The van der Waals surface area contributed by atoms with E-state index in [9.17, 15) is 26.4 Å². The van der Waals surface area contributed by atoms with Gasteiger partial charge in [0.15, 0.2) is 0 Å². The Kier molecular flexibility index (Phi) is 2.11. The Labute approximate surface area is 57.2 Å². The van der Waals surface area contributed by atoms with E-state index in [4.69, 9.17) is 5.11 Å². The molecule has 0 aliphatic carbocycles. The molecule has 0 aliphatic heterocycles. The number of hydrogen-bond donors (Lipinski definition) is 1. The molecule has 0 aromatic carbocycles. The second-order valence-corrected chi connectivity index (χ2v) is 2.84. The van der Waals surface area contributed by atoms with Crippen LogP contribution in [0.15, 0.2) is 0 Å². The number of hydrogen-bond acceptors (Lipinski definition) is 3. The predicted octanol–water partition coefficient (Wildman–Crippen LogP) is 1.62. The molecule has 4 nitrogen and oxygen atoms in total. The molecule has 0 fully saturated rings. The van der Waals surface area contributed by atoms with Crippen LogP contribution in [-0.2, 0) is 14.1 Å². The third kappa shape index (κ3) is 5.53. The van der Waals surface area contributed by atoms with E-state index in [2.05, 4.69) is 4.52 Å². The fourth-order valence-electron chi connectivity index (χ4n) is 0.164. The van der Waals surface area contributed by atoms with Gasteiger partial charge in [-0.1, -0.05) is 0 Å². The van der Waals surface area contributed by atoms with Crippen molar-refractivity contribution in [2.75, 3.05) is 0 Å². The molecule has 0 saturated carbocycles. The van der Waals surface area contributed by atoms with Crippen LogP contribution in [0.3, 0.4) is 0 Å². The molecule has 0 rings (SSSR count). The van der Waals surface area contributed by atoms with E-state index >= 15 is 0 Å². The van der Waals surface area contributed by atoms with E-state index < -0.39 is 20.0 Å². The predicted molar refractivity (Wildman–Crippen MR) is 25.1 cm³/mol. The molecule has 0 saturated heterocycles. The third-order valence-corrected chi connectivity index (χ3v) is 0.837. The normalized spacial score (nSPS) is 14.7. The van der Waals surface area contributed by atoms with Crippen LogP contribution in [0.25, 0.3) is 0 Å². The molecule has 0 heterocycles. The molecule has 9 heteroatoms. The van der Waals surface area contributed by atoms with Crippen LogP contribution in [0.2, 0.25) is 0 Å². The third-order valence-electron chi connectivity index (χ3n) is 0.396. The summed E-state index contributed by atoms with van der Waals surface area (Å²) in [6.07, 6.45) is 0. The summed E-state index contributed by atoms with van der Waals surface area (Å²) in [4.78, 5) is 19.0. The molecule has 0 aromatic heterocycles. The maximum atomic E-state index is 11.1. The van der Waals surface area contributed by atoms with Gasteiger partial charge >= 0.3 is 56.0 Å². The van der Waals surface area contributed by atoms with Gasteiger partial charge in [-0.3, -0.25) is 0 Å². The second kappa shape index (κ2) is 2.30. The summed E-state index contributed by atoms with van der Waals surface area (Å²) in [6, 6.07) is 0. The van der Waals surface area contributed by atoms with E-state index in [1.54, 1.807) is 0 Å². The van der Waals surface area contributed by atoms with Crippen LogP contribution in [0.4, 0.5) is 16.8 Å². The molecular weight excluding hydrogens is 195 g/mol. The summed E-state index contributed by atoms with van der Waals surface area (Å²) in [7, 11) is -8.47. The summed E-state index contributed by atoms with van der Waals surface area (Å²) < 4.78 is 46.6. The fourth-order valence-corrected chi connectivity index (χ4v) is 0.493. The molecule has 0 atom stereocenters. The first-order valence-corrected chi connectivity index (χ1v) is 3.66. The Morgan fingerprint density at radius 1 is 1.18 bits per heavy atom. The van der Waals surface area contributed by atoms with Gasteiger partial charge in [0.1, 0.15) is 0 Å². The van der Waals surface area contributed by atoms with Crippen LogP contribution < -0.4 is 0 Å². The molecule has 0 unspecified atom stereocenters. The Bertz CT molecular complexity index is 197. The standard InChI is InChI=1S/C2HF4O4P/c3-11(4,5,6)10-2(9)1(7)8/h(H,7,8). The number of aliphatic carboxylic acids is 1. The van der Waals surface area contributed by atoms with Crippen molar-refractivity contribution in [2.45, 2.75) is 0 Å². The molecule has 0 spiro atoms. The van der Waals surface area contributed by atoms with Gasteiger partial charge in [0, 0.05) is 0 Å². The zero-order chi connectivity index (χ0) is 9.31. The average Bonchev–Trinajstić information content (AvgIpc) is 1.57. The number of carboxylic acids is 1. The van der Waals surface area contributed by atoms with Gasteiger partial charge in [0.2, 0.25) is 0 Å². The zero-order valence-corrected chi connectivity index (χ0v) is 5.53. The van der Waals surface area contributed by atoms with Gasteiger partial charge in [0.05, 0.1) is 0 Å². The summed E-state index contributed by atoms with van der Waals surface area (Å²) in [5.74, 6) is -5.16. The summed E-state index contributed by atoms with van der Waals surface area (Å²) >= 11 is 0. The van der Waals surface area contributed by atoms with Gasteiger partial charge in [-0.25, -0.2) is 0 Å². The Hall–Kier alpha value is -0.910. The van der Waals surface area contributed by atoms with Crippen molar-refractivity contribution >= 4 is 20.0 Å². The first-order valence-electron chi connectivity index (χ1n) is 1.94. The van der Waals surface area contributed by atoms with Crippen molar-refractivity contribution in [3.8, 4) is 0 Å². The van der Waals surface area contributed by atoms with E-state index in [0.717, 1.165) is 0 Å². The van der Waals surface area contributed by atoms with E-state index in [0.29, 0.717) is 0 Å². The quantitative estimate of drug-likeness (QED) is 0.393. The summed E-state index contributed by atoms with van der Waals surface area (Å²) in [6.45, 7) is 0. The summed E-state index contributed by atoms with van der Waals surface area (Å²) in [5.41, 5.74) is 0. The number of rotatable bonds is 1. The summed E-state index contributed by atoms with van der Waals surface area (Å²) in [5, 5.41) is 7.54. The zero-order valence-electron chi connectivity index (χ0n) is 4.63. The topological polar surface area (TPSA) is 63.6 Å². The maximum absolute atomic E-state index is 11.1. The van der Waals surface area contributed by atoms with Gasteiger partial charge in [-0.05, 0) is 0 Å². The van der Waals surface area contributed by atoms with Crippen molar-refractivity contribution in [3.63, 3.8) is 0 Å². The van der Waals surface area contributed by atoms with E-state index in [-0.39, 0.29) is 0 Å². The molecule has 0 aromatic rings. The Morgan fingerprint density at radius 2 is 1.55 bits per heavy atom. The van der Waals surface area contributed by atoms with Crippen molar-refractivity contribution in [3.05, 3.63) is 0 Å². The van der Waals surface area contributed by atoms with Crippen molar-refractivity contribution in [2.24, 2.45) is 0 Å². The molecule has 0 aliphatic rings. The fraction of sp³-hybridized carbons (Fsp3) is 0. The first-order chi connectivity index (χ1) is 4.58. The molecule has 0 radical (unpaired) electrons. The minimum absolute atomic E-state index is 2.11. The Morgan fingerprint density at radius 3 is 1.64 bits per heavy atom.